The average molecular weight is 498 g/mol. The Balaban J connectivity index is 1.26. The second-order valence-corrected chi connectivity index (χ2v) is 11.3. The molecular weight excluding hydrogens is 474 g/mol. The van der Waals surface area contributed by atoms with Crippen LogP contribution in [0.5, 0.6) is 5.75 Å². The van der Waals surface area contributed by atoms with Crippen LogP contribution in [0.2, 0.25) is 0 Å². The number of hydrogen-bond donors (Lipinski definition) is 1. The van der Waals surface area contributed by atoms with Crippen LogP contribution in [0.25, 0.3) is 20.3 Å². The summed E-state index contributed by atoms with van der Waals surface area (Å²) in [5.41, 5.74) is 3.18. The zero-order valence-corrected chi connectivity index (χ0v) is 20.8. The molecule has 1 aliphatic rings. The summed E-state index contributed by atoms with van der Waals surface area (Å²) >= 11 is 5.12. The Morgan fingerprint density at radius 3 is 2.76 bits per heavy atom. The maximum absolute atomic E-state index is 12.7. The number of aromatic nitrogens is 1. The van der Waals surface area contributed by atoms with E-state index in [1.54, 1.807) is 34.8 Å². The Morgan fingerprint density at radius 1 is 1.15 bits per heavy atom. The molecule has 6 nitrogen and oxygen atoms in total. The number of amides is 2. The minimum atomic E-state index is -0.241. The van der Waals surface area contributed by atoms with Crippen molar-refractivity contribution in [3.8, 4) is 5.75 Å². The maximum atomic E-state index is 12.7. The fourth-order valence-electron chi connectivity index (χ4n) is 3.92. The number of fused-ring (bicyclic) bond motifs is 3. The highest BCUT2D eigenvalue weighted by Crippen LogP contribution is 2.38. The lowest BCUT2D eigenvalue weighted by atomic mass is 10.1. The lowest BCUT2D eigenvalue weighted by Gasteiger charge is -2.26. The molecule has 3 heterocycles. The van der Waals surface area contributed by atoms with E-state index in [0.717, 1.165) is 55.5 Å². The molecule has 0 atom stereocenters. The molecule has 1 saturated heterocycles. The number of ether oxygens (including phenoxy) is 1. The Morgan fingerprint density at radius 2 is 1.97 bits per heavy atom. The number of nitrogens with zero attached hydrogens (tertiary/aromatic N) is 2. The van der Waals surface area contributed by atoms with Gasteiger partial charge >= 0.3 is 0 Å². The summed E-state index contributed by atoms with van der Waals surface area (Å²) in [6.07, 6.45) is 0. The van der Waals surface area contributed by atoms with Gasteiger partial charge in [-0.2, -0.15) is 11.8 Å². The van der Waals surface area contributed by atoms with Gasteiger partial charge in [-0.1, -0.05) is 0 Å². The molecule has 4 aromatic rings. The molecule has 0 aliphatic carbocycles. The Hall–Kier alpha value is -2.62. The summed E-state index contributed by atoms with van der Waals surface area (Å²) in [4.78, 5) is 31.9. The minimum absolute atomic E-state index is 0.0492. The van der Waals surface area contributed by atoms with Crippen LogP contribution in [0.1, 0.15) is 20.9 Å². The van der Waals surface area contributed by atoms with Crippen LogP contribution in [0.15, 0.2) is 35.7 Å². The molecule has 9 heteroatoms. The summed E-state index contributed by atoms with van der Waals surface area (Å²) in [6.45, 7) is 5.35. The third-order valence-corrected chi connectivity index (χ3v) is 8.35. The van der Waals surface area contributed by atoms with Gasteiger partial charge in [-0.3, -0.25) is 9.59 Å². The van der Waals surface area contributed by atoms with Crippen LogP contribution in [0.4, 0.5) is 5.69 Å². The number of carbonyl (C=O) groups excluding carboxylic acids is 2. The normalized spacial score (nSPS) is 14.1. The zero-order chi connectivity index (χ0) is 22.9. The number of thiophene rings is 1. The van der Waals surface area contributed by atoms with E-state index in [4.69, 9.17) is 4.74 Å². The second-order valence-electron chi connectivity index (χ2n) is 7.89. The lowest BCUT2D eigenvalue weighted by molar-refractivity contribution is -0.118. The number of hydrogen-bond acceptors (Lipinski definition) is 7. The summed E-state index contributed by atoms with van der Waals surface area (Å²) in [7, 11) is 0. The SMILES string of the molecule is Cc1nc2c(cc(OCC(=O)Nc3ccc(C(=O)N4CCSCC4)cc3C)c3ccsc32)s1. The standard InChI is InChI=1S/C24H23N3O3S3/c1-14-11-16(24(29)27-6-9-31-10-7-27)3-4-18(14)26-21(28)13-30-19-12-20-22(25-15(2)33-20)23-17(19)5-8-32-23/h3-5,8,11-12H,6-7,9-10,13H2,1-2H3,(H,26,28). The summed E-state index contributed by atoms with van der Waals surface area (Å²) < 4.78 is 8.06. The topological polar surface area (TPSA) is 71.5 Å². The molecule has 33 heavy (non-hydrogen) atoms. The number of thioether (sulfide) groups is 1. The number of carbonyl (C=O) groups is 2. The average Bonchev–Trinajstić information content (AvgIpc) is 3.45. The lowest BCUT2D eigenvalue weighted by Crippen LogP contribution is -2.37. The molecule has 0 saturated carbocycles. The number of thiazole rings is 1. The Labute approximate surface area is 204 Å². The third-order valence-electron chi connectivity index (χ3n) is 5.57. The second kappa shape index (κ2) is 9.32. The summed E-state index contributed by atoms with van der Waals surface area (Å²) in [5.74, 6) is 2.45. The van der Waals surface area contributed by atoms with E-state index in [2.05, 4.69) is 10.3 Å². The fraction of sp³-hybridized carbons (Fsp3) is 0.292. The van der Waals surface area contributed by atoms with E-state index in [-0.39, 0.29) is 18.4 Å². The predicted octanol–water partition coefficient (Wildman–Crippen LogP) is 5.33. The van der Waals surface area contributed by atoms with E-state index in [1.807, 2.05) is 54.1 Å². The molecule has 170 valence electrons. The van der Waals surface area contributed by atoms with Crippen LogP contribution in [0.3, 0.4) is 0 Å². The largest absolute Gasteiger partial charge is 0.483 e. The first kappa shape index (κ1) is 22.2. The predicted molar refractivity (Wildman–Crippen MR) is 138 cm³/mol. The van der Waals surface area contributed by atoms with Crippen LogP contribution < -0.4 is 10.1 Å². The highest BCUT2D eigenvalue weighted by atomic mass is 32.2. The molecule has 2 aromatic heterocycles. The molecule has 0 bridgehead atoms. The fourth-order valence-corrected chi connectivity index (χ4v) is 6.66. The molecule has 1 aliphatic heterocycles. The number of rotatable bonds is 5. The number of benzene rings is 2. The molecule has 1 N–H and O–H groups in total. The molecule has 0 spiro atoms. The van der Waals surface area contributed by atoms with Crippen LogP contribution in [0, 0.1) is 13.8 Å². The van der Waals surface area contributed by atoms with Gasteiger partial charge in [-0.15, -0.1) is 22.7 Å². The van der Waals surface area contributed by atoms with Gasteiger partial charge in [0, 0.05) is 47.3 Å². The van der Waals surface area contributed by atoms with Crippen molar-refractivity contribution in [1.82, 2.24) is 9.88 Å². The van der Waals surface area contributed by atoms with Crippen LogP contribution in [-0.4, -0.2) is 52.9 Å². The van der Waals surface area contributed by atoms with E-state index in [9.17, 15) is 9.59 Å². The van der Waals surface area contributed by atoms with Crippen molar-refractivity contribution in [1.29, 1.82) is 0 Å². The van der Waals surface area contributed by atoms with Crippen molar-refractivity contribution in [2.75, 3.05) is 36.5 Å². The van der Waals surface area contributed by atoms with Crippen molar-refractivity contribution in [2.24, 2.45) is 0 Å². The van der Waals surface area contributed by atoms with Crippen molar-refractivity contribution in [2.45, 2.75) is 13.8 Å². The molecule has 2 amide bonds. The summed E-state index contributed by atoms with van der Waals surface area (Å²) in [6, 6.07) is 9.38. The molecule has 2 aromatic carbocycles. The van der Waals surface area contributed by atoms with E-state index in [0.29, 0.717) is 17.0 Å². The van der Waals surface area contributed by atoms with Gasteiger partial charge in [-0.25, -0.2) is 4.98 Å². The van der Waals surface area contributed by atoms with Crippen molar-refractivity contribution in [3.63, 3.8) is 0 Å². The van der Waals surface area contributed by atoms with Gasteiger partial charge in [0.1, 0.15) is 5.75 Å². The quantitative estimate of drug-likeness (QED) is 0.403. The van der Waals surface area contributed by atoms with Crippen LogP contribution in [-0.2, 0) is 4.79 Å². The first-order chi connectivity index (χ1) is 16.0. The highest BCUT2D eigenvalue weighted by molar-refractivity contribution is 7.99. The Bertz CT molecular complexity index is 1360. The summed E-state index contributed by atoms with van der Waals surface area (Å²) in [5, 5.41) is 6.90. The molecule has 1 fully saturated rings. The number of aryl methyl sites for hydroxylation is 2. The smallest absolute Gasteiger partial charge is 0.262 e. The van der Waals surface area contributed by atoms with Gasteiger partial charge in [0.2, 0.25) is 0 Å². The van der Waals surface area contributed by atoms with Gasteiger partial charge in [-0.05, 0) is 49.1 Å². The first-order valence-electron chi connectivity index (χ1n) is 10.7. The number of nitrogens with one attached hydrogen (secondary N) is 1. The van der Waals surface area contributed by atoms with Gasteiger partial charge in [0.05, 0.1) is 19.9 Å². The molecule has 0 radical (unpaired) electrons. The van der Waals surface area contributed by atoms with Gasteiger partial charge < -0.3 is 15.0 Å². The maximum Gasteiger partial charge on any atom is 0.262 e. The van der Waals surface area contributed by atoms with E-state index in [1.165, 1.54) is 0 Å². The third kappa shape index (κ3) is 4.58. The van der Waals surface area contributed by atoms with Gasteiger partial charge in [0.25, 0.3) is 11.8 Å². The zero-order valence-electron chi connectivity index (χ0n) is 18.3. The molecule has 5 rings (SSSR count). The highest BCUT2D eigenvalue weighted by Gasteiger charge is 2.19. The first-order valence-corrected chi connectivity index (χ1v) is 13.5. The van der Waals surface area contributed by atoms with Crippen molar-refractivity contribution >= 4 is 72.2 Å². The van der Waals surface area contributed by atoms with E-state index < -0.39 is 0 Å². The number of anilines is 1. The van der Waals surface area contributed by atoms with Crippen molar-refractivity contribution in [3.05, 3.63) is 51.8 Å². The van der Waals surface area contributed by atoms with Crippen LogP contribution >= 0.6 is 34.4 Å². The molecular formula is C24H23N3O3S3. The van der Waals surface area contributed by atoms with Gasteiger partial charge in [0.15, 0.2) is 6.61 Å². The van der Waals surface area contributed by atoms with E-state index >= 15 is 0 Å². The minimum Gasteiger partial charge on any atom is -0.483 e. The van der Waals surface area contributed by atoms with Crippen molar-refractivity contribution < 1.29 is 14.3 Å². The monoisotopic (exact) mass is 497 g/mol. The molecule has 0 unspecified atom stereocenters. The Kier molecular flexibility index (Phi) is 6.27.